The second-order valence-electron chi connectivity index (χ2n) is 5.84. The van der Waals surface area contributed by atoms with Gasteiger partial charge in [-0.3, -0.25) is 4.79 Å². The fourth-order valence-electron chi connectivity index (χ4n) is 2.52. The Morgan fingerprint density at radius 2 is 1.89 bits per heavy atom. The molecule has 0 aliphatic carbocycles. The zero-order valence-corrected chi connectivity index (χ0v) is 14.7. The quantitative estimate of drug-likeness (QED) is 0.321. The van der Waals surface area contributed by atoms with Crippen molar-refractivity contribution in [3.8, 4) is 0 Å². The van der Waals surface area contributed by atoms with Crippen LogP contribution in [0.5, 0.6) is 0 Å². The van der Waals surface area contributed by atoms with Crippen molar-refractivity contribution in [2.45, 2.75) is 6.04 Å². The van der Waals surface area contributed by atoms with Crippen LogP contribution in [0.4, 0.5) is 34.5 Å². The van der Waals surface area contributed by atoms with Gasteiger partial charge in [-0.1, -0.05) is 12.1 Å². The van der Waals surface area contributed by atoms with Gasteiger partial charge >= 0.3 is 0 Å². The predicted molar refractivity (Wildman–Crippen MR) is 108 cm³/mol. The summed E-state index contributed by atoms with van der Waals surface area (Å²) in [7, 11) is 0. The van der Waals surface area contributed by atoms with Crippen LogP contribution in [-0.4, -0.2) is 15.9 Å². The molecule has 2 aromatic carbocycles. The molecule has 28 heavy (non-hydrogen) atoms. The normalized spacial score (nSPS) is 11.5. The number of nitrogen functional groups attached to an aromatic ring is 2. The maximum atomic E-state index is 12.6. The van der Waals surface area contributed by atoms with E-state index in [1.54, 1.807) is 42.5 Å². The molecule has 0 bridgehead atoms. The number of nitrogens with zero attached hydrogens (tertiary/aromatic N) is 3. The van der Waals surface area contributed by atoms with Crippen LogP contribution >= 0.6 is 0 Å². The van der Waals surface area contributed by atoms with Crippen molar-refractivity contribution in [2.75, 3.05) is 22.1 Å². The van der Waals surface area contributed by atoms with E-state index in [1.165, 1.54) is 12.3 Å². The highest BCUT2D eigenvalue weighted by molar-refractivity contribution is 5.98. The SMILES string of the molecule is Nc1nccc(Nc2ccc(N)c(C(N)C(=O)Nc3ccccc3N=O)c2)n1. The molecule has 10 heteroatoms. The number of anilines is 5. The van der Waals surface area contributed by atoms with E-state index in [0.29, 0.717) is 22.8 Å². The van der Waals surface area contributed by atoms with Gasteiger partial charge in [0.25, 0.3) is 0 Å². The van der Waals surface area contributed by atoms with Gasteiger partial charge in [-0.15, -0.1) is 4.91 Å². The van der Waals surface area contributed by atoms with E-state index in [9.17, 15) is 9.70 Å². The van der Waals surface area contributed by atoms with Gasteiger partial charge in [0.2, 0.25) is 11.9 Å². The van der Waals surface area contributed by atoms with Crippen LogP contribution in [0.3, 0.4) is 0 Å². The number of benzene rings is 2. The number of nitrogens with two attached hydrogens (primary N) is 3. The van der Waals surface area contributed by atoms with Crippen LogP contribution in [0.2, 0.25) is 0 Å². The van der Waals surface area contributed by atoms with Gasteiger partial charge in [0.05, 0.1) is 5.69 Å². The lowest BCUT2D eigenvalue weighted by Gasteiger charge is -2.17. The third-order valence-electron chi connectivity index (χ3n) is 3.91. The largest absolute Gasteiger partial charge is 0.398 e. The molecule has 1 unspecified atom stereocenters. The van der Waals surface area contributed by atoms with Crippen LogP contribution in [0.15, 0.2) is 59.9 Å². The van der Waals surface area contributed by atoms with E-state index in [0.717, 1.165) is 0 Å². The molecular formula is C18H18N8O2. The summed E-state index contributed by atoms with van der Waals surface area (Å²) in [6.45, 7) is 0. The monoisotopic (exact) mass is 378 g/mol. The average molecular weight is 378 g/mol. The van der Waals surface area contributed by atoms with Gasteiger partial charge < -0.3 is 27.8 Å². The highest BCUT2D eigenvalue weighted by Gasteiger charge is 2.20. The number of nitroso groups, excluding NO2 is 1. The number of nitrogens with one attached hydrogen (secondary N) is 2. The number of carbonyl (C=O) groups is 1. The molecule has 0 aliphatic heterocycles. The van der Waals surface area contributed by atoms with Crippen LogP contribution in [0, 0.1) is 4.91 Å². The molecule has 0 radical (unpaired) electrons. The highest BCUT2D eigenvalue weighted by Crippen LogP contribution is 2.28. The van der Waals surface area contributed by atoms with Crippen molar-refractivity contribution in [3.05, 3.63) is 65.2 Å². The van der Waals surface area contributed by atoms with Crippen molar-refractivity contribution in [1.29, 1.82) is 0 Å². The summed E-state index contributed by atoms with van der Waals surface area (Å²) in [6.07, 6.45) is 1.51. The van der Waals surface area contributed by atoms with Crippen molar-refractivity contribution < 1.29 is 4.79 Å². The van der Waals surface area contributed by atoms with Crippen LogP contribution < -0.4 is 27.8 Å². The summed E-state index contributed by atoms with van der Waals surface area (Å²) in [6, 6.07) is 11.9. The first-order valence-electron chi connectivity index (χ1n) is 8.21. The summed E-state index contributed by atoms with van der Waals surface area (Å²) in [5.74, 6) is 0.0673. The van der Waals surface area contributed by atoms with Gasteiger partial charge in [-0.25, -0.2) is 4.98 Å². The van der Waals surface area contributed by atoms with Crippen LogP contribution in [0.1, 0.15) is 11.6 Å². The minimum Gasteiger partial charge on any atom is -0.398 e. The number of hydrogen-bond acceptors (Lipinski definition) is 9. The predicted octanol–water partition coefficient (Wildman–Crippen LogP) is 2.42. The maximum absolute atomic E-state index is 12.6. The second kappa shape index (κ2) is 8.10. The third-order valence-corrected chi connectivity index (χ3v) is 3.91. The Balaban J connectivity index is 1.81. The van der Waals surface area contributed by atoms with Crippen molar-refractivity contribution in [3.63, 3.8) is 0 Å². The molecule has 1 aromatic heterocycles. The lowest BCUT2D eigenvalue weighted by atomic mass is 10.0. The lowest BCUT2D eigenvalue weighted by molar-refractivity contribution is -0.117. The van der Waals surface area contributed by atoms with E-state index < -0.39 is 11.9 Å². The minimum absolute atomic E-state index is 0.104. The fourth-order valence-corrected chi connectivity index (χ4v) is 2.52. The lowest BCUT2D eigenvalue weighted by Crippen LogP contribution is -2.28. The molecule has 0 aliphatic rings. The van der Waals surface area contributed by atoms with Gasteiger partial charge in [0.1, 0.15) is 17.5 Å². The van der Waals surface area contributed by atoms with Crippen molar-refractivity contribution >= 4 is 40.4 Å². The smallest absolute Gasteiger partial charge is 0.246 e. The molecule has 1 heterocycles. The first kappa shape index (κ1) is 18.7. The Labute approximate surface area is 160 Å². The Kier molecular flexibility index (Phi) is 5.42. The summed E-state index contributed by atoms with van der Waals surface area (Å²) in [4.78, 5) is 31.3. The van der Waals surface area contributed by atoms with Gasteiger partial charge in [0, 0.05) is 23.1 Å². The molecule has 142 valence electrons. The van der Waals surface area contributed by atoms with E-state index in [4.69, 9.17) is 17.2 Å². The van der Waals surface area contributed by atoms with Crippen LogP contribution in [-0.2, 0) is 4.79 Å². The number of hydrogen-bond donors (Lipinski definition) is 5. The Bertz CT molecular complexity index is 1020. The zero-order valence-electron chi connectivity index (χ0n) is 14.7. The molecule has 10 nitrogen and oxygen atoms in total. The molecule has 3 aromatic rings. The van der Waals surface area contributed by atoms with E-state index in [2.05, 4.69) is 25.8 Å². The van der Waals surface area contributed by atoms with E-state index in [-0.39, 0.29) is 17.3 Å². The number of carbonyl (C=O) groups excluding carboxylic acids is 1. The molecule has 0 fully saturated rings. The Hall–Kier alpha value is -4.05. The van der Waals surface area contributed by atoms with Gasteiger partial charge in [-0.2, -0.15) is 4.98 Å². The molecule has 3 rings (SSSR count). The molecular weight excluding hydrogens is 360 g/mol. The second-order valence-corrected chi connectivity index (χ2v) is 5.84. The topological polar surface area (TPSA) is 174 Å². The summed E-state index contributed by atoms with van der Waals surface area (Å²) >= 11 is 0. The summed E-state index contributed by atoms with van der Waals surface area (Å²) < 4.78 is 0. The van der Waals surface area contributed by atoms with Crippen LogP contribution in [0.25, 0.3) is 0 Å². The Morgan fingerprint density at radius 3 is 2.64 bits per heavy atom. The number of para-hydroxylation sites is 1. The average Bonchev–Trinajstić information content (AvgIpc) is 2.69. The maximum Gasteiger partial charge on any atom is 0.246 e. The summed E-state index contributed by atoms with van der Waals surface area (Å²) in [5, 5.41) is 8.52. The number of aromatic nitrogens is 2. The summed E-state index contributed by atoms with van der Waals surface area (Å²) in [5.41, 5.74) is 19.4. The third kappa shape index (κ3) is 4.19. The number of amides is 1. The number of rotatable bonds is 6. The molecule has 0 saturated heterocycles. The zero-order chi connectivity index (χ0) is 20.1. The molecule has 8 N–H and O–H groups in total. The Morgan fingerprint density at radius 1 is 1.11 bits per heavy atom. The van der Waals surface area contributed by atoms with Gasteiger partial charge in [0.15, 0.2) is 0 Å². The molecule has 0 spiro atoms. The molecule has 0 saturated carbocycles. The first-order valence-corrected chi connectivity index (χ1v) is 8.21. The van der Waals surface area contributed by atoms with Crippen molar-refractivity contribution in [2.24, 2.45) is 10.9 Å². The first-order chi connectivity index (χ1) is 13.5. The highest BCUT2D eigenvalue weighted by atomic mass is 16.3. The minimum atomic E-state index is -1.07. The standard InChI is InChI=1S/C18H18N8O2/c19-12-6-5-10(23-15-7-8-22-18(21)25-15)9-11(12)16(20)17(27)24-13-3-1-2-4-14(13)26-28/h1-9,16H,19-20H2,(H,24,27)(H3,21,22,23,25). The van der Waals surface area contributed by atoms with E-state index >= 15 is 0 Å². The fraction of sp³-hybridized carbons (Fsp3) is 0.0556. The van der Waals surface area contributed by atoms with E-state index in [1.807, 2.05) is 0 Å². The van der Waals surface area contributed by atoms with Gasteiger partial charge in [-0.05, 0) is 41.6 Å². The van der Waals surface area contributed by atoms with Crippen molar-refractivity contribution in [1.82, 2.24) is 9.97 Å². The molecule has 1 atom stereocenters. The molecule has 1 amide bonds.